The smallest absolute Gasteiger partial charge is 0.333 e. The Kier molecular flexibility index (Phi) is 7.26. The second-order valence-electron chi connectivity index (χ2n) is 19.0. The van der Waals surface area contributed by atoms with Gasteiger partial charge in [0.25, 0.3) is 0 Å². The molecule has 8 aromatic carbocycles. The lowest BCUT2D eigenvalue weighted by Crippen LogP contribution is -2.56. The van der Waals surface area contributed by atoms with Gasteiger partial charge in [-0.3, -0.25) is 0 Å². The van der Waals surface area contributed by atoms with Crippen LogP contribution in [-0.2, 0) is 10.8 Å². The molecule has 60 heavy (non-hydrogen) atoms. The molecular formula is C56H45BN2O. The van der Waals surface area contributed by atoms with Crippen LogP contribution in [0.5, 0.6) is 0 Å². The van der Waals surface area contributed by atoms with E-state index in [0.29, 0.717) is 0 Å². The monoisotopic (exact) mass is 772 g/mol. The largest absolute Gasteiger partial charge is 0.454 e. The van der Waals surface area contributed by atoms with E-state index >= 15 is 0 Å². The van der Waals surface area contributed by atoms with Gasteiger partial charge in [0.05, 0.1) is 5.69 Å². The minimum atomic E-state index is -0.0701. The quantitative estimate of drug-likeness (QED) is 0.167. The Morgan fingerprint density at radius 1 is 0.450 bits per heavy atom. The summed E-state index contributed by atoms with van der Waals surface area (Å²) in [6.07, 6.45) is 0. The Morgan fingerprint density at radius 2 is 1.12 bits per heavy atom. The van der Waals surface area contributed by atoms with E-state index in [9.17, 15) is 0 Å². The number of aromatic nitrogens is 1. The maximum Gasteiger partial charge on any atom is 0.333 e. The Labute approximate surface area is 351 Å². The van der Waals surface area contributed by atoms with Crippen molar-refractivity contribution in [1.29, 1.82) is 0 Å². The third-order valence-electron chi connectivity index (χ3n) is 13.3. The minimum absolute atomic E-state index is 0.0113. The second kappa shape index (κ2) is 12.4. The average Bonchev–Trinajstić information content (AvgIpc) is 3.81. The molecule has 3 nitrogen and oxygen atoms in total. The first-order chi connectivity index (χ1) is 29.0. The SMILES string of the molecule is CC(C)(C)c1ccc2c(c1)c1cc(C(C)(C)C)cc3c1n2B1c2ccc(-c4ccccc4)cc2N(c2cccc4c2oc2ccccc24)c2cc(-c4ccccc4)cc-3c21. The van der Waals surface area contributed by atoms with Gasteiger partial charge >= 0.3 is 6.85 Å². The maximum absolute atomic E-state index is 6.89. The molecule has 0 amide bonds. The summed E-state index contributed by atoms with van der Waals surface area (Å²) in [5, 5.41) is 4.89. The Bertz CT molecular complexity index is 3400. The molecule has 4 heteroatoms. The van der Waals surface area contributed by atoms with Crippen LogP contribution < -0.4 is 15.8 Å². The van der Waals surface area contributed by atoms with Crippen molar-refractivity contribution in [1.82, 2.24) is 4.48 Å². The first-order valence-electron chi connectivity index (χ1n) is 21.3. The summed E-state index contributed by atoms with van der Waals surface area (Å²) in [5.41, 5.74) is 20.3. The van der Waals surface area contributed by atoms with Crippen LogP contribution >= 0.6 is 0 Å². The van der Waals surface area contributed by atoms with Crippen molar-refractivity contribution in [2.45, 2.75) is 52.4 Å². The number of fused-ring (bicyclic) bond motifs is 10. The highest BCUT2D eigenvalue weighted by molar-refractivity contribution is 6.90. The molecule has 0 saturated heterocycles. The van der Waals surface area contributed by atoms with E-state index < -0.39 is 0 Å². The van der Waals surface area contributed by atoms with Crippen LogP contribution in [-0.4, -0.2) is 11.3 Å². The van der Waals surface area contributed by atoms with Crippen LogP contribution in [0.25, 0.3) is 77.1 Å². The lowest BCUT2D eigenvalue weighted by molar-refractivity contribution is 0.590. The van der Waals surface area contributed by atoms with E-state index in [1.165, 1.54) is 82.9 Å². The summed E-state index contributed by atoms with van der Waals surface area (Å²) in [6, 6.07) is 61.1. The lowest BCUT2D eigenvalue weighted by Gasteiger charge is -2.41. The molecular weight excluding hydrogens is 727 g/mol. The zero-order valence-corrected chi connectivity index (χ0v) is 35.0. The van der Waals surface area contributed by atoms with Gasteiger partial charge in [0.2, 0.25) is 0 Å². The molecule has 0 unspecified atom stereocenters. The van der Waals surface area contributed by atoms with E-state index in [2.05, 4.69) is 215 Å². The number of hydrogen-bond donors (Lipinski definition) is 0. The standard InChI is InChI=1S/C56H45BN2O/c1-55(2,3)38-25-27-47-42(31-38)44-32-39(56(4,5)6)33-45-43-28-37(35-18-11-8-12-19-35)30-50-52(43)57(59(47)53(44)45)46-26-24-36(34-16-9-7-10-17-34)29-49(46)58(50)48-22-15-21-41-40-20-13-14-23-51(40)60-54(41)48/h7-33H,1-6H3. The highest BCUT2D eigenvalue weighted by Crippen LogP contribution is 2.50. The summed E-state index contributed by atoms with van der Waals surface area (Å²) >= 11 is 0. The van der Waals surface area contributed by atoms with Crippen molar-refractivity contribution >= 4 is 78.6 Å². The van der Waals surface area contributed by atoms with E-state index in [1.807, 2.05) is 0 Å². The fourth-order valence-electron chi connectivity index (χ4n) is 10.2. The normalized spacial score (nSPS) is 13.4. The molecule has 2 aliphatic heterocycles. The lowest BCUT2D eigenvalue weighted by atomic mass is 9.45. The van der Waals surface area contributed by atoms with Gasteiger partial charge in [0.1, 0.15) is 5.58 Å². The van der Waals surface area contributed by atoms with E-state index in [1.54, 1.807) is 0 Å². The Hall–Kier alpha value is -6.78. The molecule has 288 valence electrons. The molecule has 2 aliphatic rings. The van der Waals surface area contributed by atoms with Gasteiger partial charge in [-0.1, -0.05) is 151 Å². The van der Waals surface area contributed by atoms with Crippen LogP contribution in [0.15, 0.2) is 168 Å². The zero-order valence-electron chi connectivity index (χ0n) is 35.0. The number of nitrogens with zero attached hydrogens (tertiary/aromatic N) is 2. The van der Waals surface area contributed by atoms with Crippen molar-refractivity contribution in [2.75, 3.05) is 4.90 Å². The number of furan rings is 1. The van der Waals surface area contributed by atoms with Gasteiger partial charge in [0, 0.05) is 49.5 Å². The number of hydrogen-bond acceptors (Lipinski definition) is 2. The molecule has 4 heterocycles. The summed E-state index contributed by atoms with van der Waals surface area (Å²) in [4.78, 5) is 2.52. The Balaban J connectivity index is 1.27. The second-order valence-corrected chi connectivity index (χ2v) is 19.0. The van der Waals surface area contributed by atoms with E-state index in [-0.39, 0.29) is 17.7 Å². The predicted octanol–water partition coefficient (Wildman–Crippen LogP) is 14.0. The highest BCUT2D eigenvalue weighted by atomic mass is 16.3. The van der Waals surface area contributed by atoms with Crippen LogP contribution in [0.3, 0.4) is 0 Å². The minimum Gasteiger partial charge on any atom is -0.454 e. The molecule has 0 radical (unpaired) electrons. The molecule has 10 aromatic rings. The van der Waals surface area contributed by atoms with Crippen molar-refractivity contribution in [2.24, 2.45) is 0 Å². The average molecular weight is 773 g/mol. The molecule has 0 N–H and O–H groups in total. The summed E-state index contributed by atoms with van der Waals surface area (Å²) in [5.74, 6) is 0. The van der Waals surface area contributed by atoms with E-state index in [0.717, 1.165) is 33.3 Å². The number of para-hydroxylation sites is 2. The van der Waals surface area contributed by atoms with Crippen molar-refractivity contribution < 1.29 is 4.42 Å². The van der Waals surface area contributed by atoms with Crippen LogP contribution in [0.4, 0.5) is 17.1 Å². The van der Waals surface area contributed by atoms with Crippen molar-refractivity contribution in [3.63, 3.8) is 0 Å². The van der Waals surface area contributed by atoms with Gasteiger partial charge in [0.15, 0.2) is 5.58 Å². The molecule has 2 aromatic heterocycles. The van der Waals surface area contributed by atoms with Crippen molar-refractivity contribution in [3.8, 4) is 33.4 Å². The van der Waals surface area contributed by atoms with Crippen molar-refractivity contribution in [3.05, 3.63) is 175 Å². The molecule has 12 rings (SSSR count). The molecule has 0 bridgehead atoms. The Morgan fingerprint density at radius 3 is 1.87 bits per heavy atom. The van der Waals surface area contributed by atoms with Crippen LogP contribution in [0.1, 0.15) is 52.7 Å². The maximum atomic E-state index is 6.89. The fourth-order valence-corrected chi connectivity index (χ4v) is 10.2. The number of anilines is 3. The summed E-state index contributed by atoms with van der Waals surface area (Å²) < 4.78 is 9.57. The van der Waals surface area contributed by atoms with Gasteiger partial charge in [-0.25, -0.2) is 0 Å². The fraction of sp³-hybridized carbons (Fsp3) is 0.143. The van der Waals surface area contributed by atoms with Gasteiger partial charge in [-0.2, -0.15) is 0 Å². The summed E-state index contributed by atoms with van der Waals surface area (Å²) in [6.45, 7) is 13.9. The third-order valence-corrected chi connectivity index (χ3v) is 13.3. The predicted molar refractivity (Wildman–Crippen MR) is 256 cm³/mol. The van der Waals surface area contributed by atoms with Crippen LogP contribution in [0, 0.1) is 0 Å². The molecule has 0 saturated carbocycles. The van der Waals surface area contributed by atoms with Gasteiger partial charge < -0.3 is 13.8 Å². The molecule has 0 aliphatic carbocycles. The number of benzene rings is 8. The number of rotatable bonds is 3. The zero-order chi connectivity index (χ0) is 40.7. The summed E-state index contributed by atoms with van der Waals surface area (Å²) in [7, 11) is 0. The van der Waals surface area contributed by atoms with Gasteiger partial charge in [-0.05, 0) is 115 Å². The molecule has 0 fully saturated rings. The first-order valence-corrected chi connectivity index (χ1v) is 21.3. The topological polar surface area (TPSA) is 21.3 Å². The molecule has 0 atom stereocenters. The van der Waals surface area contributed by atoms with Crippen LogP contribution in [0.2, 0.25) is 0 Å². The highest BCUT2D eigenvalue weighted by Gasteiger charge is 2.44. The van der Waals surface area contributed by atoms with Gasteiger partial charge in [-0.15, -0.1) is 0 Å². The first kappa shape index (κ1) is 35.2. The van der Waals surface area contributed by atoms with E-state index in [4.69, 9.17) is 4.42 Å². The molecule has 0 spiro atoms. The third kappa shape index (κ3) is 5.03.